The van der Waals surface area contributed by atoms with Crippen LogP contribution >= 0.6 is 0 Å². The summed E-state index contributed by atoms with van der Waals surface area (Å²) in [6.45, 7) is 13.5. The Morgan fingerprint density at radius 1 is 1.12 bits per heavy atom. The molecule has 0 aliphatic heterocycles. The molecular weight excluding hydrogens is 208 g/mol. The summed E-state index contributed by atoms with van der Waals surface area (Å²) in [5, 5.41) is 13.2. The van der Waals surface area contributed by atoms with Gasteiger partial charge in [-0.2, -0.15) is 5.26 Å². The quantitative estimate of drug-likeness (QED) is 0.807. The molecule has 1 rings (SSSR count). The lowest BCUT2D eigenvalue weighted by Gasteiger charge is -2.50. The number of hydrogen-bond donors (Lipinski definition) is 1. The predicted octanol–water partition coefficient (Wildman–Crippen LogP) is 3.87. The van der Waals surface area contributed by atoms with E-state index in [1.54, 1.807) is 0 Å². The summed E-state index contributed by atoms with van der Waals surface area (Å²) < 4.78 is 0. The summed E-state index contributed by atoms with van der Waals surface area (Å²) in [7, 11) is 0. The predicted molar refractivity (Wildman–Crippen MR) is 72.6 cm³/mol. The molecule has 98 valence electrons. The van der Waals surface area contributed by atoms with Gasteiger partial charge in [-0.15, -0.1) is 0 Å². The van der Waals surface area contributed by atoms with E-state index < -0.39 is 0 Å². The Kier molecular flexibility index (Phi) is 3.94. The van der Waals surface area contributed by atoms with E-state index in [0.29, 0.717) is 6.04 Å². The van der Waals surface area contributed by atoms with Gasteiger partial charge in [0, 0.05) is 6.04 Å². The zero-order chi connectivity index (χ0) is 13.3. The maximum atomic E-state index is 9.64. The zero-order valence-corrected chi connectivity index (χ0v) is 12.4. The van der Waals surface area contributed by atoms with Gasteiger partial charge in [-0.3, -0.25) is 5.32 Å². The van der Waals surface area contributed by atoms with E-state index in [4.69, 9.17) is 0 Å². The van der Waals surface area contributed by atoms with E-state index in [1.165, 1.54) is 6.42 Å². The summed E-state index contributed by atoms with van der Waals surface area (Å²) in [5.41, 5.74) is 0.163. The Morgan fingerprint density at radius 2 is 1.59 bits per heavy atom. The van der Waals surface area contributed by atoms with E-state index in [2.05, 4.69) is 52.9 Å². The molecule has 0 spiro atoms. The highest BCUT2D eigenvalue weighted by atomic mass is 15.0. The van der Waals surface area contributed by atoms with E-state index in [1.807, 2.05) is 0 Å². The van der Waals surface area contributed by atoms with Crippen molar-refractivity contribution in [1.29, 1.82) is 5.26 Å². The standard InChI is InChI=1S/C15H28N2/c1-7-12(2)17-15(11-16)9-13(3,4)8-14(5,6)10-15/h12,17H,7-10H2,1-6H3. The SMILES string of the molecule is CCC(C)NC1(C#N)CC(C)(C)CC(C)(C)C1. The summed E-state index contributed by atoms with van der Waals surface area (Å²) in [6.07, 6.45) is 4.20. The molecule has 1 fully saturated rings. The molecule has 17 heavy (non-hydrogen) atoms. The summed E-state index contributed by atoms with van der Waals surface area (Å²) in [5.74, 6) is 0. The minimum absolute atomic E-state index is 0.248. The van der Waals surface area contributed by atoms with Crippen molar-refractivity contribution in [1.82, 2.24) is 5.32 Å². The third-order valence-corrected chi connectivity index (χ3v) is 3.87. The molecule has 1 N–H and O–H groups in total. The summed E-state index contributed by atoms with van der Waals surface area (Å²) >= 11 is 0. The van der Waals surface area contributed by atoms with Crippen molar-refractivity contribution in [2.45, 2.75) is 78.8 Å². The normalized spacial score (nSPS) is 27.1. The number of rotatable bonds is 3. The Hall–Kier alpha value is -0.550. The molecule has 0 aromatic rings. The molecule has 1 aliphatic carbocycles. The van der Waals surface area contributed by atoms with Crippen molar-refractivity contribution in [3.05, 3.63) is 0 Å². The van der Waals surface area contributed by atoms with Crippen molar-refractivity contribution in [2.75, 3.05) is 0 Å². The lowest BCUT2D eigenvalue weighted by Crippen LogP contribution is -2.56. The average molecular weight is 236 g/mol. The van der Waals surface area contributed by atoms with Gasteiger partial charge >= 0.3 is 0 Å². The molecule has 1 aliphatic rings. The van der Waals surface area contributed by atoms with Crippen LogP contribution in [0.4, 0.5) is 0 Å². The first-order valence-corrected chi connectivity index (χ1v) is 6.83. The topological polar surface area (TPSA) is 35.8 Å². The molecule has 0 saturated heterocycles. The van der Waals surface area contributed by atoms with Crippen molar-refractivity contribution in [3.8, 4) is 6.07 Å². The Labute approximate surface area is 107 Å². The first-order valence-electron chi connectivity index (χ1n) is 6.83. The van der Waals surface area contributed by atoms with Crippen molar-refractivity contribution in [3.63, 3.8) is 0 Å². The molecule has 1 atom stereocenters. The lowest BCUT2D eigenvalue weighted by atomic mass is 9.58. The van der Waals surface area contributed by atoms with Gasteiger partial charge in [0.15, 0.2) is 0 Å². The third kappa shape index (κ3) is 3.71. The van der Waals surface area contributed by atoms with Crippen LogP contribution in [-0.4, -0.2) is 11.6 Å². The molecule has 1 unspecified atom stereocenters. The van der Waals surface area contributed by atoms with Gasteiger partial charge in [0.2, 0.25) is 0 Å². The molecule has 0 aromatic carbocycles. The monoisotopic (exact) mass is 236 g/mol. The van der Waals surface area contributed by atoms with Gasteiger partial charge in [-0.1, -0.05) is 34.6 Å². The maximum Gasteiger partial charge on any atom is 0.107 e. The van der Waals surface area contributed by atoms with Crippen LogP contribution in [-0.2, 0) is 0 Å². The molecule has 0 amide bonds. The van der Waals surface area contributed by atoms with E-state index in [0.717, 1.165) is 19.3 Å². The highest BCUT2D eigenvalue weighted by molar-refractivity contribution is 5.15. The Bertz CT molecular complexity index is 293. The molecule has 0 radical (unpaired) electrons. The smallest absolute Gasteiger partial charge is 0.107 e. The fourth-order valence-corrected chi connectivity index (χ4v) is 3.90. The fraction of sp³-hybridized carbons (Fsp3) is 0.933. The number of nitrogens with zero attached hydrogens (tertiary/aromatic N) is 1. The maximum absolute atomic E-state index is 9.64. The first-order chi connectivity index (χ1) is 7.64. The van der Waals surface area contributed by atoms with Gasteiger partial charge in [0.05, 0.1) is 6.07 Å². The van der Waals surface area contributed by atoms with E-state index >= 15 is 0 Å². The molecule has 2 heteroatoms. The van der Waals surface area contributed by atoms with Crippen molar-refractivity contribution >= 4 is 0 Å². The summed E-state index contributed by atoms with van der Waals surface area (Å²) in [6, 6.07) is 3.00. The van der Waals surface area contributed by atoms with Gasteiger partial charge in [0.25, 0.3) is 0 Å². The van der Waals surface area contributed by atoms with Crippen LogP contribution in [0.1, 0.15) is 67.2 Å². The molecule has 0 bridgehead atoms. The van der Waals surface area contributed by atoms with E-state index in [9.17, 15) is 5.26 Å². The summed E-state index contributed by atoms with van der Waals surface area (Å²) in [4.78, 5) is 0. The van der Waals surface area contributed by atoms with Gasteiger partial charge in [-0.25, -0.2) is 0 Å². The van der Waals surface area contributed by atoms with Crippen LogP contribution in [0, 0.1) is 22.2 Å². The highest BCUT2D eigenvalue weighted by Gasteiger charge is 2.47. The average Bonchev–Trinajstić information content (AvgIpc) is 2.12. The van der Waals surface area contributed by atoms with Crippen LogP contribution in [0.2, 0.25) is 0 Å². The molecule has 0 heterocycles. The van der Waals surface area contributed by atoms with E-state index in [-0.39, 0.29) is 16.4 Å². The van der Waals surface area contributed by atoms with Crippen LogP contribution in [0.5, 0.6) is 0 Å². The van der Waals surface area contributed by atoms with Gasteiger partial charge in [-0.05, 0) is 43.4 Å². The van der Waals surface area contributed by atoms with Crippen LogP contribution < -0.4 is 5.32 Å². The van der Waals surface area contributed by atoms with Crippen molar-refractivity contribution < 1.29 is 0 Å². The molecule has 0 aromatic heterocycles. The molecular formula is C15H28N2. The van der Waals surface area contributed by atoms with Gasteiger partial charge in [0.1, 0.15) is 5.54 Å². The zero-order valence-electron chi connectivity index (χ0n) is 12.4. The minimum atomic E-state index is -0.333. The second kappa shape index (κ2) is 4.61. The first kappa shape index (κ1) is 14.5. The third-order valence-electron chi connectivity index (χ3n) is 3.87. The second-order valence-electron chi connectivity index (χ2n) is 7.51. The molecule has 1 saturated carbocycles. The van der Waals surface area contributed by atoms with Crippen LogP contribution in [0.25, 0.3) is 0 Å². The Balaban J connectivity index is 2.95. The largest absolute Gasteiger partial charge is 0.297 e. The minimum Gasteiger partial charge on any atom is -0.297 e. The second-order valence-corrected chi connectivity index (χ2v) is 7.51. The van der Waals surface area contributed by atoms with Crippen LogP contribution in [0.15, 0.2) is 0 Å². The van der Waals surface area contributed by atoms with Crippen LogP contribution in [0.3, 0.4) is 0 Å². The Morgan fingerprint density at radius 3 is 1.94 bits per heavy atom. The fourth-order valence-electron chi connectivity index (χ4n) is 3.90. The number of nitrogens with one attached hydrogen (secondary N) is 1. The molecule has 2 nitrogen and oxygen atoms in total. The highest BCUT2D eigenvalue weighted by Crippen LogP contribution is 2.50. The lowest BCUT2D eigenvalue weighted by molar-refractivity contribution is 0.0503. The van der Waals surface area contributed by atoms with Gasteiger partial charge < -0.3 is 0 Å². The number of hydrogen-bond acceptors (Lipinski definition) is 2. The number of nitriles is 1. The van der Waals surface area contributed by atoms with Crippen molar-refractivity contribution in [2.24, 2.45) is 10.8 Å².